The summed E-state index contributed by atoms with van der Waals surface area (Å²) < 4.78 is 11.2. The van der Waals surface area contributed by atoms with Gasteiger partial charge in [-0.05, 0) is 36.4 Å². The summed E-state index contributed by atoms with van der Waals surface area (Å²) in [6.07, 6.45) is -0.510. The molecular weight excluding hydrogens is 336 g/mol. The fourth-order valence-electron chi connectivity index (χ4n) is 2.45. The van der Waals surface area contributed by atoms with Gasteiger partial charge in [-0.2, -0.15) is 4.68 Å². The van der Waals surface area contributed by atoms with Gasteiger partial charge in [-0.25, -0.2) is 0 Å². The van der Waals surface area contributed by atoms with Crippen LogP contribution in [-0.4, -0.2) is 48.0 Å². The minimum absolute atomic E-state index is 0.225. The molecule has 0 aliphatic heterocycles. The van der Waals surface area contributed by atoms with Gasteiger partial charge in [-0.1, -0.05) is 17.3 Å². The van der Waals surface area contributed by atoms with E-state index in [4.69, 9.17) is 9.47 Å². The number of fused-ring (bicyclic) bond motifs is 1. The van der Waals surface area contributed by atoms with Crippen molar-refractivity contribution >= 4 is 16.8 Å². The Bertz CT molecular complexity index is 965. The summed E-state index contributed by atoms with van der Waals surface area (Å²) >= 11 is 0. The second-order valence-electron chi connectivity index (χ2n) is 5.48. The molecule has 26 heavy (non-hydrogen) atoms. The molecule has 3 aromatic rings. The number of amides is 1. The number of carbonyl (C=O) groups excluding carboxylic acids is 1. The number of hydrogen-bond donors (Lipinski definition) is 1. The van der Waals surface area contributed by atoms with Crippen LogP contribution in [0.15, 0.2) is 53.3 Å². The molecule has 0 aliphatic carbocycles. The number of nitrogens with one attached hydrogen (secondary N) is 1. The fraction of sp³-hybridized carbons (Fsp3) is 0.222. The van der Waals surface area contributed by atoms with E-state index in [9.17, 15) is 9.59 Å². The molecule has 8 nitrogen and oxygen atoms in total. The lowest BCUT2D eigenvalue weighted by Crippen LogP contribution is -2.34. The number of nitrogens with zero attached hydrogens (tertiary/aromatic N) is 3. The first-order valence-electron chi connectivity index (χ1n) is 7.93. The van der Waals surface area contributed by atoms with Gasteiger partial charge in [-0.3, -0.25) is 9.59 Å². The van der Waals surface area contributed by atoms with Crippen LogP contribution in [0.4, 0.5) is 0 Å². The molecule has 0 spiro atoms. The first-order chi connectivity index (χ1) is 12.6. The summed E-state index contributed by atoms with van der Waals surface area (Å²) in [6, 6.07) is 13.5. The topological polar surface area (TPSA) is 95.3 Å². The van der Waals surface area contributed by atoms with Gasteiger partial charge in [0.2, 0.25) is 0 Å². The maximum absolute atomic E-state index is 12.5. The molecule has 0 radical (unpaired) electrons. The van der Waals surface area contributed by atoms with Crippen molar-refractivity contribution in [1.29, 1.82) is 0 Å². The zero-order valence-electron chi connectivity index (χ0n) is 14.4. The van der Waals surface area contributed by atoms with Gasteiger partial charge in [0.15, 0.2) is 6.29 Å². The number of carbonyl (C=O) groups is 1. The quantitative estimate of drug-likeness (QED) is 0.667. The van der Waals surface area contributed by atoms with Crippen molar-refractivity contribution in [3.63, 3.8) is 0 Å². The maximum Gasteiger partial charge on any atom is 0.282 e. The summed E-state index contributed by atoms with van der Waals surface area (Å²) in [5, 5.41) is 11.2. The molecule has 1 heterocycles. The predicted octanol–water partition coefficient (Wildman–Crippen LogP) is 1.13. The summed E-state index contributed by atoms with van der Waals surface area (Å²) in [6.45, 7) is 0.225. The predicted molar refractivity (Wildman–Crippen MR) is 95.3 cm³/mol. The van der Waals surface area contributed by atoms with E-state index in [1.165, 1.54) is 18.9 Å². The van der Waals surface area contributed by atoms with Crippen molar-refractivity contribution in [3.05, 3.63) is 64.4 Å². The summed E-state index contributed by atoms with van der Waals surface area (Å²) in [7, 11) is 2.99. The van der Waals surface area contributed by atoms with Gasteiger partial charge < -0.3 is 14.8 Å². The van der Waals surface area contributed by atoms with E-state index in [1.807, 2.05) is 0 Å². The molecule has 1 amide bonds. The highest BCUT2D eigenvalue weighted by Gasteiger charge is 2.11. The van der Waals surface area contributed by atoms with Crippen LogP contribution in [0.5, 0.6) is 0 Å². The Balaban J connectivity index is 1.81. The van der Waals surface area contributed by atoms with Crippen LogP contribution in [0.1, 0.15) is 10.4 Å². The molecule has 0 fully saturated rings. The summed E-state index contributed by atoms with van der Waals surface area (Å²) in [5.74, 6) is -0.271. The minimum atomic E-state index is -0.510. The molecule has 1 N–H and O–H groups in total. The van der Waals surface area contributed by atoms with Crippen molar-refractivity contribution in [1.82, 2.24) is 20.3 Å². The highest BCUT2D eigenvalue weighted by Crippen LogP contribution is 2.09. The second kappa shape index (κ2) is 7.85. The lowest BCUT2D eigenvalue weighted by molar-refractivity contribution is -0.0974. The maximum atomic E-state index is 12.5. The van der Waals surface area contributed by atoms with Crippen LogP contribution in [0, 0.1) is 0 Å². The van der Waals surface area contributed by atoms with Crippen LogP contribution in [0.2, 0.25) is 0 Å². The number of hydrogen-bond acceptors (Lipinski definition) is 6. The Morgan fingerprint density at radius 3 is 2.50 bits per heavy atom. The normalized spacial score (nSPS) is 11.0. The lowest BCUT2D eigenvalue weighted by Gasteiger charge is -2.14. The van der Waals surface area contributed by atoms with Crippen molar-refractivity contribution < 1.29 is 14.3 Å². The van der Waals surface area contributed by atoms with E-state index >= 15 is 0 Å². The molecule has 0 saturated carbocycles. The van der Waals surface area contributed by atoms with Gasteiger partial charge in [0, 0.05) is 19.8 Å². The molecule has 134 valence electrons. The first kappa shape index (κ1) is 17.7. The van der Waals surface area contributed by atoms with Crippen LogP contribution in [0.3, 0.4) is 0 Å². The molecule has 0 unspecified atom stereocenters. The number of rotatable bonds is 6. The molecule has 2 aromatic carbocycles. The van der Waals surface area contributed by atoms with E-state index < -0.39 is 6.29 Å². The van der Waals surface area contributed by atoms with Crippen LogP contribution in [0.25, 0.3) is 16.6 Å². The Kier molecular flexibility index (Phi) is 5.35. The van der Waals surface area contributed by atoms with Crippen LogP contribution >= 0.6 is 0 Å². The third-order valence-electron chi connectivity index (χ3n) is 3.90. The molecule has 0 atom stereocenters. The smallest absolute Gasteiger partial charge is 0.282 e. The largest absolute Gasteiger partial charge is 0.354 e. The molecule has 3 rings (SSSR count). The molecule has 0 aliphatic rings. The standard InChI is InChI=1S/C18H18N4O4/c1-25-16(26-2)11-19-17(23)12-7-9-13(10-8-12)22-18(24)14-5-3-4-6-15(14)20-21-22/h3-10,16H,11H2,1-2H3,(H,19,23). The number of methoxy groups -OCH3 is 2. The molecule has 0 bridgehead atoms. The Morgan fingerprint density at radius 2 is 1.81 bits per heavy atom. The Hall–Kier alpha value is -3.10. The summed E-state index contributed by atoms with van der Waals surface area (Å²) in [4.78, 5) is 24.7. The molecular formula is C18H18N4O4. The Labute approximate surface area is 149 Å². The van der Waals surface area contributed by atoms with Gasteiger partial charge in [-0.15, -0.1) is 5.10 Å². The van der Waals surface area contributed by atoms with Crippen molar-refractivity contribution in [2.24, 2.45) is 0 Å². The average Bonchev–Trinajstić information content (AvgIpc) is 2.69. The summed E-state index contributed by atoms with van der Waals surface area (Å²) in [5.41, 5.74) is 1.24. The number of ether oxygens (including phenoxy) is 2. The van der Waals surface area contributed by atoms with E-state index in [0.29, 0.717) is 22.2 Å². The lowest BCUT2D eigenvalue weighted by atomic mass is 10.2. The van der Waals surface area contributed by atoms with E-state index in [1.54, 1.807) is 48.5 Å². The van der Waals surface area contributed by atoms with Crippen LogP contribution in [-0.2, 0) is 9.47 Å². The highest BCUT2D eigenvalue weighted by molar-refractivity contribution is 5.94. The van der Waals surface area contributed by atoms with Gasteiger partial charge in [0.1, 0.15) is 5.52 Å². The van der Waals surface area contributed by atoms with E-state index in [0.717, 1.165) is 0 Å². The van der Waals surface area contributed by atoms with Gasteiger partial charge in [0.25, 0.3) is 11.5 Å². The monoisotopic (exact) mass is 354 g/mol. The average molecular weight is 354 g/mol. The van der Waals surface area contributed by atoms with Crippen LogP contribution < -0.4 is 10.9 Å². The first-order valence-corrected chi connectivity index (χ1v) is 7.93. The zero-order chi connectivity index (χ0) is 18.5. The third-order valence-corrected chi connectivity index (χ3v) is 3.90. The molecule has 1 aromatic heterocycles. The fourth-order valence-corrected chi connectivity index (χ4v) is 2.45. The number of benzene rings is 2. The molecule has 0 saturated heterocycles. The van der Waals surface area contributed by atoms with Gasteiger partial charge in [0.05, 0.1) is 17.6 Å². The van der Waals surface area contributed by atoms with Gasteiger partial charge >= 0.3 is 0 Å². The van der Waals surface area contributed by atoms with Crippen molar-refractivity contribution in [3.8, 4) is 5.69 Å². The molecule has 8 heteroatoms. The second-order valence-corrected chi connectivity index (χ2v) is 5.48. The Morgan fingerprint density at radius 1 is 1.12 bits per heavy atom. The minimum Gasteiger partial charge on any atom is -0.354 e. The van der Waals surface area contributed by atoms with E-state index in [-0.39, 0.29) is 18.0 Å². The number of aromatic nitrogens is 3. The highest BCUT2D eigenvalue weighted by atomic mass is 16.7. The third kappa shape index (κ3) is 3.61. The SMILES string of the molecule is COC(CNC(=O)c1ccc(-n2nnc3ccccc3c2=O)cc1)OC. The van der Waals surface area contributed by atoms with E-state index in [2.05, 4.69) is 15.6 Å². The van der Waals surface area contributed by atoms with Crippen molar-refractivity contribution in [2.75, 3.05) is 20.8 Å². The van der Waals surface area contributed by atoms with Crippen molar-refractivity contribution in [2.45, 2.75) is 6.29 Å². The zero-order valence-corrected chi connectivity index (χ0v) is 14.4.